The molecule has 0 radical (unpaired) electrons. The van der Waals surface area contributed by atoms with Gasteiger partial charge in [-0.3, -0.25) is 19.3 Å². The van der Waals surface area contributed by atoms with Crippen molar-refractivity contribution in [2.45, 2.75) is 71.1 Å². The third kappa shape index (κ3) is 6.53. The Bertz CT molecular complexity index is 783. The van der Waals surface area contributed by atoms with Crippen LogP contribution in [0.25, 0.3) is 0 Å². The van der Waals surface area contributed by atoms with Gasteiger partial charge in [0, 0.05) is 13.1 Å². The Morgan fingerprint density at radius 1 is 1.03 bits per heavy atom. The molecule has 8 nitrogen and oxygen atoms in total. The van der Waals surface area contributed by atoms with Gasteiger partial charge in [-0.15, -0.1) is 0 Å². The number of benzene rings is 1. The van der Waals surface area contributed by atoms with E-state index in [1.165, 1.54) is 5.56 Å². The minimum atomic E-state index is -1.15. The van der Waals surface area contributed by atoms with Crippen LogP contribution in [0.4, 0.5) is 0 Å². The van der Waals surface area contributed by atoms with Crippen molar-refractivity contribution in [2.75, 3.05) is 13.1 Å². The molecule has 1 aromatic rings. The van der Waals surface area contributed by atoms with Crippen molar-refractivity contribution >= 4 is 17.7 Å². The highest BCUT2D eigenvalue weighted by atomic mass is 16.2. The molecule has 32 heavy (non-hydrogen) atoms. The molecule has 0 spiro atoms. The number of primary amides is 1. The Balaban J connectivity index is 2.02. The second-order valence-corrected chi connectivity index (χ2v) is 9.43. The number of rotatable bonds is 11. The minimum absolute atomic E-state index is 0.157. The highest BCUT2D eigenvalue weighted by Crippen LogP contribution is 2.25. The normalized spacial score (nSPS) is 20.8. The lowest BCUT2D eigenvalue weighted by atomic mass is 9.98. The number of amides is 3. The van der Waals surface area contributed by atoms with Crippen molar-refractivity contribution in [2.24, 2.45) is 23.3 Å². The Hall–Kier alpha value is -2.45. The van der Waals surface area contributed by atoms with Crippen LogP contribution in [0.15, 0.2) is 30.3 Å². The summed E-state index contributed by atoms with van der Waals surface area (Å²) in [6.07, 6.45) is 3.16. The zero-order valence-corrected chi connectivity index (χ0v) is 19.8. The van der Waals surface area contributed by atoms with Gasteiger partial charge in [0.25, 0.3) is 5.91 Å². The van der Waals surface area contributed by atoms with Crippen molar-refractivity contribution < 1.29 is 14.4 Å². The standard InChI is InChI=1S/C24H39N5O3/c1-16(2)19(21(25)30)27-22(31)20(17(3)4)28-23(32)24(26)13-9-15-29(24)14-8-12-18-10-6-5-7-11-18/h5-7,10-11,16-17,19-20H,8-9,12-15,26H2,1-4H3,(H2,25,30)(H,27,31)(H,28,32)/t19-,20-,24-/m0/s1. The number of carbonyl (C=O) groups excluding carboxylic acids is 3. The van der Waals surface area contributed by atoms with Crippen LogP contribution in [0.2, 0.25) is 0 Å². The average Bonchev–Trinajstić information content (AvgIpc) is 3.11. The first-order valence-electron chi connectivity index (χ1n) is 11.5. The molecule has 3 amide bonds. The van der Waals surface area contributed by atoms with Gasteiger partial charge in [-0.25, -0.2) is 0 Å². The van der Waals surface area contributed by atoms with Crippen LogP contribution >= 0.6 is 0 Å². The number of aryl methyl sites for hydroxylation is 1. The van der Waals surface area contributed by atoms with E-state index in [4.69, 9.17) is 11.5 Å². The molecule has 1 aliphatic heterocycles. The lowest BCUT2D eigenvalue weighted by Crippen LogP contribution is -2.66. The van der Waals surface area contributed by atoms with Crippen LogP contribution in [-0.4, -0.2) is 53.5 Å². The number of hydrogen-bond donors (Lipinski definition) is 4. The monoisotopic (exact) mass is 445 g/mol. The van der Waals surface area contributed by atoms with E-state index in [9.17, 15) is 14.4 Å². The number of nitrogens with two attached hydrogens (primary N) is 2. The molecule has 1 aromatic carbocycles. The summed E-state index contributed by atoms with van der Waals surface area (Å²) >= 11 is 0. The minimum Gasteiger partial charge on any atom is -0.368 e. The summed E-state index contributed by atoms with van der Waals surface area (Å²) in [6.45, 7) is 8.74. The van der Waals surface area contributed by atoms with E-state index in [-0.39, 0.29) is 17.7 Å². The van der Waals surface area contributed by atoms with Crippen LogP contribution in [0, 0.1) is 11.8 Å². The van der Waals surface area contributed by atoms with E-state index in [2.05, 4.69) is 22.8 Å². The van der Waals surface area contributed by atoms with Crippen LogP contribution in [0.1, 0.15) is 52.5 Å². The van der Waals surface area contributed by atoms with E-state index in [1.807, 2.05) is 36.9 Å². The van der Waals surface area contributed by atoms with Crippen molar-refractivity contribution in [1.29, 1.82) is 0 Å². The molecular weight excluding hydrogens is 406 g/mol. The van der Waals surface area contributed by atoms with Crippen LogP contribution < -0.4 is 22.1 Å². The molecule has 6 N–H and O–H groups in total. The van der Waals surface area contributed by atoms with E-state index in [1.54, 1.807) is 13.8 Å². The summed E-state index contributed by atoms with van der Waals surface area (Å²) in [5, 5.41) is 5.54. The molecule has 1 heterocycles. The number of nitrogens with zero attached hydrogens (tertiary/aromatic N) is 1. The number of carbonyl (C=O) groups is 3. The quantitative estimate of drug-likeness (QED) is 0.406. The van der Waals surface area contributed by atoms with Gasteiger partial charge in [0.2, 0.25) is 11.8 Å². The Labute approximate surface area is 191 Å². The first kappa shape index (κ1) is 25.8. The Kier molecular flexibility index (Phi) is 9.21. The van der Waals surface area contributed by atoms with Crippen LogP contribution in [0.5, 0.6) is 0 Å². The van der Waals surface area contributed by atoms with E-state index in [0.717, 1.165) is 25.8 Å². The zero-order valence-electron chi connectivity index (χ0n) is 19.8. The summed E-state index contributed by atoms with van der Waals surface area (Å²) in [4.78, 5) is 39.8. The second kappa shape index (κ2) is 11.4. The van der Waals surface area contributed by atoms with Gasteiger partial charge in [-0.2, -0.15) is 0 Å². The second-order valence-electron chi connectivity index (χ2n) is 9.43. The van der Waals surface area contributed by atoms with Crippen molar-refractivity contribution in [3.8, 4) is 0 Å². The predicted molar refractivity (Wildman–Crippen MR) is 125 cm³/mol. The third-order valence-electron chi connectivity index (χ3n) is 6.19. The fourth-order valence-corrected chi connectivity index (χ4v) is 4.19. The maximum Gasteiger partial charge on any atom is 0.255 e. The molecule has 3 atom stereocenters. The third-order valence-corrected chi connectivity index (χ3v) is 6.19. The van der Waals surface area contributed by atoms with Crippen LogP contribution in [0.3, 0.4) is 0 Å². The van der Waals surface area contributed by atoms with Crippen molar-refractivity contribution in [3.05, 3.63) is 35.9 Å². The number of nitrogens with one attached hydrogen (secondary N) is 2. The Morgan fingerprint density at radius 3 is 2.22 bits per heavy atom. The van der Waals surface area contributed by atoms with Gasteiger partial charge in [0.05, 0.1) is 0 Å². The van der Waals surface area contributed by atoms with Gasteiger partial charge in [0.1, 0.15) is 17.7 Å². The van der Waals surface area contributed by atoms with Gasteiger partial charge < -0.3 is 22.1 Å². The maximum absolute atomic E-state index is 13.2. The van der Waals surface area contributed by atoms with Gasteiger partial charge in [0.15, 0.2) is 0 Å². The van der Waals surface area contributed by atoms with Crippen molar-refractivity contribution in [3.63, 3.8) is 0 Å². The lowest BCUT2D eigenvalue weighted by molar-refractivity contribution is -0.137. The number of hydrogen-bond acceptors (Lipinski definition) is 5. The first-order chi connectivity index (χ1) is 15.1. The largest absolute Gasteiger partial charge is 0.368 e. The first-order valence-corrected chi connectivity index (χ1v) is 11.5. The fourth-order valence-electron chi connectivity index (χ4n) is 4.19. The topological polar surface area (TPSA) is 131 Å². The van der Waals surface area contributed by atoms with Gasteiger partial charge in [-0.05, 0) is 43.1 Å². The Morgan fingerprint density at radius 2 is 1.66 bits per heavy atom. The molecule has 2 rings (SSSR count). The average molecular weight is 446 g/mol. The highest BCUT2D eigenvalue weighted by Gasteiger charge is 2.45. The molecule has 0 aromatic heterocycles. The molecule has 0 saturated carbocycles. The summed E-state index contributed by atoms with van der Waals surface area (Å²) < 4.78 is 0. The number of likely N-dealkylation sites (tertiary alicyclic amines) is 1. The van der Waals surface area contributed by atoms with E-state index in [0.29, 0.717) is 13.0 Å². The summed E-state index contributed by atoms with van der Waals surface area (Å²) in [5.74, 6) is -1.73. The molecule has 1 aliphatic rings. The smallest absolute Gasteiger partial charge is 0.255 e. The van der Waals surface area contributed by atoms with E-state index < -0.39 is 29.6 Å². The highest BCUT2D eigenvalue weighted by molar-refractivity contribution is 5.94. The summed E-state index contributed by atoms with van der Waals surface area (Å²) in [6, 6.07) is 8.61. The molecular formula is C24H39N5O3. The predicted octanol–water partition coefficient (Wildman–Crippen LogP) is 1.14. The van der Waals surface area contributed by atoms with E-state index >= 15 is 0 Å². The van der Waals surface area contributed by atoms with Crippen LogP contribution in [-0.2, 0) is 20.8 Å². The summed E-state index contributed by atoms with van der Waals surface area (Å²) in [5.41, 5.74) is 12.1. The fraction of sp³-hybridized carbons (Fsp3) is 0.625. The molecule has 0 unspecified atom stereocenters. The molecule has 0 aliphatic carbocycles. The molecule has 8 heteroatoms. The van der Waals surface area contributed by atoms with Gasteiger partial charge >= 0.3 is 0 Å². The van der Waals surface area contributed by atoms with Gasteiger partial charge in [-0.1, -0.05) is 58.0 Å². The molecule has 178 valence electrons. The summed E-state index contributed by atoms with van der Waals surface area (Å²) in [7, 11) is 0. The lowest BCUT2D eigenvalue weighted by Gasteiger charge is -2.35. The zero-order chi connectivity index (χ0) is 23.9. The maximum atomic E-state index is 13.2. The molecule has 1 fully saturated rings. The SMILES string of the molecule is CC(C)[C@H](NC(=O)[C@@H](NC(=O)[C@]1(N)CCCN1CCCc1ccccc1)C(C)C)C(N)=O. The molecule has 0 bridgehead atoms. The van der Waals surface area contributed by atoms with Crippen molar-refractivity contribution in [1.82, 2.24) is 15.5 Å². The molecule has 1 saturated heterocycles.